The molecule has 0 aliphatic heterocycles. The molecule has 2 amide bonds. The fourth-order valence-corrected chi connectivity index (χ4v) is 3.79. The Hall–Kier alpha value is -4.19. The minimum atomic E-state index is -4.44. The minimum absolute atomic E-state index is 0.0821. The molecule has 4 aromatic rings. The van der Waals surface area contributed by atoms with Gasteiger partial charge in [-0.3, -0.25) is 0 Å². The van der Waals surface area contributed by atoms with Crippen molar-refractivity contribution < 1.29 is 22.7 Å². The van der Waals surface area contributed by atoms with Gasteiger partial charge in [0, 0.05) is 18.4 Å². The van der Waals surface area contributed by atoms with Gasteiger partial charge in [0.25, 0.3) is 0 Å². The number of carbonyl (C=O) groups excluding carboxylic acids is 1. The highest BCUT2D eigenvalue weighted by Crippen LogP contribution is 2.31. The van der Waals surface area contributed by atoms with Gasteiger partial charge in [-0.2, -0.15) is 13.2 Å². The maximum Gasteiger partial charge on any atom is 0.416 e. The van der Waals surface area contributed by atoms with Crippen molar-refractivity contribution in [2.75, 3.05) is 22.5 Å². The number of urea groups is 1. The lowest BCUT2D eigenvalue weighted by Gasteiger charge is -2.10. The van der Waals surface area contributed by atoms with Crippen LogP contribution in [0.15, 0.2) is 67.1 Å². The van der Waals surface area contributed by atoms with E-state index in [1.54, 1.807) is 29.7 Å². The van der Waals surface area contributed by atoms with Crippen LogP contribution in [0, 0.1) is 0 Å². The molecule has 12 heteroatoms. The van der Waals surface area contributed by atoms with Crippen molar-refractivity contribution >= 4 is 33.9 Å². The van der Waals surface area contributed by atoms with E-state index in [1.807, 2.05) is 19.1 Å². The van der Waals surface area contributed by atoms with E-state index in [4.69, 9.17) is 4.74 Å². The maximum atomic E-state index is 12.6. The third kappa shape index (κ3) is 6.44. The first kappa shape index (κ1) is 24.0. The van der Waals surface area contributed by atoms with Gasteiger partial charge in [0.15, 0.2) is 5.13 Å². The average molecular weight is 501 g/mol. The first-order valence-corrected chi connectivity index (χ1v) is 11.2. The van der Waals surface area contributed by atoms with E-state index < -0.39 is 17.8 Å². The van der Waals surface area contributed by atoms with Gasteiger partial charge in [0.1, 0.15) is 5.75 Å². The summed E-state index contributed by atoms with van der Waals surface area (Å²) in [7, 11) is 0. The van der Waals surface area contributed by atoms with Gasteiger partial charge in [-0.1, -0.05) is 11.3 Å². The second-order valence-corrected chi connectivity index (χ2v) is 8.13. The minimum Gasteiger partial charge on any atom is -0.424 e. The Balaban J connectivity index is 1.31. The van der Waals surface area contributed by atoms with Gasteiger partial charge in [-0.05, 0) is 61.0 Å². The van der Waals surface area contributed by atoms with Crippen LogP contribution in [0.2, 0.25) is 0 Å². The number of alkyl halides is 3. The largest absolute Gasteiger partial charge is 0.424 e. The molecule has 35 heavy (non-hydrogen) atoms. The van der Waals surface area contributed by atoms with Crippen molar-refractivity contribution in [1.82, 2.24) is 15.0 Å². The predicted octanol–water partition coefficient (Wildman–Crippen LogP) is 6.49. The molecule has 2 aromatic heterocycles. The van der Waals surface area contributed by atoms with Gasteiger partial charge in [0.05, 0.1) is 28.5 Å². The van der Waals surface area contributed by atoms with Crippen molar-refractivity contribution in [2.45, 2.75) is 13.1 Å². The molecular weight excluding hydrogens is 481 g/mol. The fourth-order valence-electron chi connectivity index (χ4n) is 2.90. The Kier molecular flexibility index (Phi) is 7.11. The number of amides is 2. The van der Waals surface area contributed by atoms with Crippen LogP contribution in [0.3, 0.4) is 0 Å². The summed E-state index contributed by atoms with van der Waals surface area (Å²) in [6.45, 7) is 2.81. The molecule has 0 atom stereocenters. The highest BCUT2D eigenvalue weighted by Gasteiger charge is 2.30. The van der Waals surface area contributed by atoms with Crippen molar-refractivity contribution in [2.24, 2.45) is 0 Å². The van der Waals surface area contributed by atoms with Crippen molar-refractivity contribution in [3.8, 4) is 22.2 Å². The first-order chi connectivity index (χ1) is 16.8. The number of halogens is 3. The predicted molar refractivity (Wildman–Crippen MR) is 128 cm³/mol. The molecule has 0 bridgehead atoms. The van der Waals surface area contributed by atoms with Crippen LogP contribution in [-0.2, 0) is 6.18 Å². The summed E-state index contributed by atoms with van der Waals surface area (Å²) in [6, 6.07) is 10.9. The number of nitrogens with zero attached hydrogens (tertiary/aromatic N) is 3. The molecule has 0 saturated carbocycles. The van der Waals surface area contributed by atoms with E-state index in [2.05, 4.69) is 30.9 Å². The van der Waals surface area contributed by atoms with E-state index >= 15 is 0 Å². The zero-order valence-electron chi connectivity index (χ0n) is 18.3. The smallest absolute Gasteiger partial charge is 0.416 e. The summed E-state index contributed by atoms with van der Waals surface area (Å²) >= 11 is 1.56. The lowest BCUT2D eigenvalue weighted by atomic mass is 10.2. The van der Waals surface area contributed by atoms with Crippen LogP contribution in [0.25, 0.3) is 10.4 Å². The van der Waals surface area contributed by atoms with Crippen LogP contribution >= 0.6 is 11.3 Å². The second kappa shape index (κ2) is 10.4. The van der Waals surface area contributed by atoms with Crippen LogP contribution < -0.4 is 20.7 Å². The van der Waals surface area contributed by atoms with Gasteiger partial charge in [0.2, 0.25) is 0 Å². The number of anilines is 3. The summed E-state index contributed by atoms with van der Waals surface area (Å²) in [5, 5.41) is 8.97. The van der Waals surface area contributed by atoms with Crippen molar-refractivity contribution in [1.29, 1.82) is 0 Å². The van der Waals surface area contributed by atoms with Crippen molar-refractivity contribution in [3.63, 3.8) is 0 Å². The van der Waals surface area contributed by atoms with E-state index in [0.29, 0.717) is 5.75 Å². The molecule has 0 saturated heterocycles. The summed E-state index contributed by atoms with van der Waals surface area (Å²) in [5.74, 6) is 0.533. The van der Waals surface area contributed by atoms with E-state index in [1.165, 1.54) is 12.4 Å². The molecule has 0 radical (unpaired) electrons. The van der Waals surface area contributed by atoms with Gasteiger partial charge >= 0.3 is 18.2 Å². The molecular formula is C23H19F3N6O2S. The quantitative estimate of drug-likeness (QED) is 0.268. The Bertz CT molecular complexity index is 1280. The van der Waals surface area contributed by atoms with E-state index in [9.17, 15) is 18.0 Å². The molecule has 180 valence electrons. The molecule has 4 rings (SSSR count). The highest BCUT2D eigenvalue weighted by atomic mass is 32.1. The normalized spacial score (nSPS) is 11.1. The van der Waals surface area contributed by atoms with Crippen LogP contribution in [-0.4, -0.2) is 27.5 Å². The summed E-state index contributed by atoms with van der Waals surface area (Å²) in [4.78, 5) is 25.5. The van der Waals surface area contributed by atoms with Gasteiger partial charge in [-0.25, -0.2) is 19.7 Å². The van der Waals surface area contributed by atoms with E-state index in [-0.39, 0.29) is 17.4 Å². The number of carbonyl (C=O) groups is 1. The third-order valence-corrected chi connectivity index (χ3v) is 5.54. The van der Waals surface area contributed by atoms with Crippen LogP contribution in [0.4, 0.5) is 34.5 Å². The molecule has 3 N–H and O–H groups in total. The molecule has 0 aliphatic carbocycles. The van der Waals surface area contributed by atoms with Gasteiger partial charge in [-0.15, -0.1) is 0 Å². The zero-order valence-corrected chi connectivity index (χ0v) is 19.1. The molecule has 8 nitrogen and oxygen atoms in total. The fraction of sp³-hybridized carbons (Fsp3) is 0.130. The average Bonchev–Trinajstić information content (AvgIpc) is 3.29. The number of ether oxygens (including phenoxy) is 1. The number of benzene rings is 2. The first-order valence-electron chi connectivity index (χ1n) is 10.4. The number of aromatic nitrogens is 3. The number of rotatable bonds is 7. The molecule has 0 unspecified atom stereocenters. The van der Waals surface area contributed by atoms with Gasteiger partial charge < -0.3 is 20.7 Å². The Labute approximate surface area is 202 Å². The Morgan fingerprint density at radius 1 is 0.914 bits per heavy atom. The number of hydrogen-bond acceptors (Lipinski definition) is 7. The number of nitrogens with one attached hydrogen (secondary N) is 3. The zero-order chi connectivity index (χ0) is 24.8. The molecule has 0 aliphatic rings. The second-order valence-electron chi connectivity index (χ2n) is 7.09. The van der Waals surface area contributed by atoms with Crippen LogP contribution in [0.5, 0.6) is 11.8 Å². The van der Waals surface area contributed by atoms with E-state index in [0.717, 1.165) is 46.4 Å². The molecule has 2 heterocycles. The summed E-state index contributed by atoms with van der Waals surface area (Å²) in [5.41, 5.74) is 0.678. The SMILES string of the molecule is CCNc1ncc(-c2ccc(Oc3ncc(NC(=O)Nc4ccc(C(F)(F)F)cc4)cn3)cc2)s1. The number of thiazole rings is 1. The monoisotopic (exact) mass is 500 g/mol. The summed E-state index contributed by atoms with van der Waals surface area (Å²) < 4.78 is 43.5. The van der Waals surface area contributed by atoms with Crippen LogP contribution in [0.1, 0.15) is 12.5 Å². The number of hydrogen-bond donors (Lipinski definition) is 3. The maximum absolute atomic E-state index is 12.6. The molecule has 0 spiro atoms. The Morgan fingerprint density at radius 2 is 1.57 bits per heavy atom. The third-order valence-electron chi connectivity index (χ3n) is 4.54. The lowest BCUT2D eigenvalue weighted by molar-refractivity contribution is -0.137. The topological polar surface area (TPSA) is 101 Å². The lowest BCUT2D eigenvalue weighted by Crippen LogP contribution is -2.19. The molecule has 2 aromatic carbocycles. The molecule has 0 fully saturated rings. The summed E-state index contributed by atoms with van der Waals surface area (Å²) in [6.07, 6.45) is 0.0634. The van der Waals surface area contributed by atoms with Crippen molar-refractivity contribution in [3.05, 3.63) is 72.7 Å². The Morgan fingerprint density at radius 3 is 2.20 bits per heavy atom. The standard InChI is InChI=1S/C23H19F3N6O2S/c1-2-27-22-30-13-19(35-22)14-3-9-18(10-4-14)34-21-28-11-17(12-29-21)32-20(33)31-16-7-5-15(6-8-16)23(24,25)26/h3-13H,2H2,1H3,(H,27,30)(H2,31,32,33). The highest BCUT2D eigenvalue weighted by molar-refractivity contribution is 7.18.